The molecule has 0 radical (unpaired) electrons. The number of nitrogens with one attached hydrogen (secondary N) is 2. The van der Waals surface area contributed by atoms with E-state index in [-0.39, 0.29) is 13.0 Å². The van der Waals surface area contributed by atoms with Crippen molar-refractivity contribution < 1.29 is 29.0 Å². The summed E-state index contributed by atoms with van der Waals surface area (Å²) >= 11 is 2.10. The molecule has 0 heterocycles. The summed E-state index contributed by atoms with van der Waals surface area (Å²) in [6.45, 7) is 1.14. The third-order valence-corrected chi connectivity index (χ3v) is 3.44. The predicted molar refractivity (Wildman–Crippen MR) is 90.5 cm³/mol. The number of carbonyl (C=O) groups is 3. The first kappa shape index (κ1) is 19.0. The van der Waals surface area contributed by atoms with Crippen molar-refractivity contribution in [2.75, 3.05) is 19.0 Å². The summed E-state index contributed by atoms with van der Waals surface area (Å²) in [5, 5.41) is 13.7. The lowest BCUT2D eigenvalue weighted by molar-refractivity contribution is -0.141. The van der Waals surface area contributed by atoms with Crippen LogP contribution in [0.3, 0.4) is 0 Å². The van der Waals surface area contributed by atoms with Gasteiger partial charge in [-0.15, -0.1) is 0 Å². The standard InChI is InChI=1S/C14H17IN2O6/c1-8(18)23-7-11(16-13(19)20)6-9-5-10(15)3-4-12(9)17-14(21)22-2/h3-5,11,16H,6-7H2,1-2H3,(H,17,21)(H,19,20)/t11-/m0/s1. The quantitative estimate of drug-likeness (QED) is 0.466. The maximum Gasteiger partial charge on any atom is 0.411 e. The molecule has 3 N–H and O–H groups in total. The van der Waals surface area contributed by atoms with Crippen LogP contribution in [-0.4, -0.2) is 43.0 Å². The van der Waals surface area contributed by atoms with E-state index in [9.17, 15) is 14.4 Å². The highest BCUT2D eigenvalue weighted by atomic mass is 127. The van der Waals surface area contributed by atoms with Crippen LogP contribution >= 0.6 is 22.6 Å². The molecule has 23 heavy (non-hydrogen) atoms. The van der Waals surface area contributed by atoms with Gasteiger partial charge >= 0.3 is 18.2 Å². The van der Waals surface area contributed by atoms with Gasteiger partial charge in [0.2, 0.25) is 0 Å². The molecule has 0 saturated heterocycles. The van der Waals surface area contributed by atoms with Crippen LogP contribution in [0.2, 0.25) is 0 Å². The van der Waals surface area contributed by atoms with Gasteiger partial charge in [0.15, 0.2) is 0 Å². The summed E-state index contributed by atoms with van der Waals surface area (Å²) in [5.74, 6) is -0.502. The summed E-state index contributed by atoms with van der Waals surface area (Å²) in [6, 6.07) is 4.64. The number of benzene rings is 1. The summed E-state index contributed by atoms with van der Waals surface area (Å²) in [7, 11) is 1.25. The fourth-order valence-electron chi connectivity index (χ4n) is 1.82. The van der Waals surface area contributed by atoms with Crippen LogP contribution in [0.15, 0.2) is 18.2 Å². The van der Waals surface area contributed by atoms with Gasteiger partial charge < -0.3 is 19.9 Å². The molecule has 0 aliphatic carbocycles. The largest absolute Gasteiger partial charge is 0.465 e. The molecule has 0 saturated carbocycles. The molecule has 0 fully saturated rings. The van der Waals surface area contributed by atoms with E-state index in [1.807, 2.05) is 0 Å². The van der Waals surface area contributed by atoms with Crippen molar-refractivity contribution in [1.29, 1.82) is 0 Å². The lowest BCUT2D eigenvalue weighted by Gasteiger charge is -2.19. The molecule has 0 aliphatic rings. The van der Waals surface area contributed by atoms with Crippen molar-refractivity contribution in [2.24, 2.45) is 0 Å². The number of anilines is 1. The van der Waals surface area contributed by atoms with Gasteiger partial charge in [0, 0.05) is 16.2 Å². The zero-order valence-corrected chi connectivity index (χ0v) is 14.7. The van der Waals surface area contributed by atoms with Gasteiger partial charge in [0.1, 0.15) is 6.61 Å². The number of ether oxygens (including phenoxy) is 2. The van der Waals surface area contributed by atoms with Gasteiger partial charge in [0.05, 0.1) is 13.2 Å². The van der Waals surface area contributed by atoms with Crippen molar-refractivity contribution in [3.63, 3.8) is 0 Å². The van der Waals surface area contributed by atoms with Crippen molar-refractivity contribution in [3.8, 4) is 0 Å². The second-order valence-electron chi connectivity index (χ2n) is 4.57. The monoisotopic (exact) mass is 436 g/mol. The first-order valence-corrected chi connectivity index (χ1v) is 7.66. The Balaban J connectivity index is 2.95. The smallest absolute Gasteiger partial charge is 0.411 e. The summed E-state index contributed by atoms with van der Waals surface area (Å²) < 4.78 is 10.3. The number of amides is 2. The Morgan fingerprint density at radius 3 is 2.61 bits per heavy atom. The van der Waals surface area contributed by atoms with Crippen LogP contribution in [0, 0.1) is 3.57 Å². The number of hydrogen-bond donors (Lipinski definition) is 3. The van der Waals surface area contributed by atoms with Crippen LogP contribution in [0.5, 0.6) is 0 Å². The van der Waals surface area contributed by atoms with Gasteiger partial charge in [-0.3, -0.25) is 10.1 Å². The molecular weight excluding hydrogens is 419 g/mol. The Bertz CT molecular complexity index is 593. The van der Waals surface area contributed by atoms with Crippen LogP contribution < -0.4 is 10.6 Å². The average molecular weight is 436 g/mol. The number of carboxylic acid groups (broad SMARTS) is 1. The fraction of sp³-hybridized carbons (Fsp3) is 0.357. The molecule has 9 heteroatoms. The number of halogens is 1. The lowest BCUT2D eigenvalue weighted by Crippen LogP contribution is -2.39. The Kier molecular flexibility index (Phi) is 7.59. The van der Waals surface area contributed by atoms with Crippen molar-refractivity contribution in [3.05, 3.63) is 27.3 Å². The molecule has 126 valence electrons. The van der Waals surface area contributed by atoms with E-state index < -0.39 is 24.2 Å². The minimum atomic E-state index is -1.23. The molecule has 2 amide bonds. The van der Waals surface area contributed by atoms with Gasteiger partial charge in [-0.2, -0.15) is 0 Å². The van der Waals surface area contributed by atoms with Gasteiger partial charge in [0.25, 0.3) is 0 Å². The number of carbonyl (C=O) groups excluding carboxylic acids is 2. The van der Waals surface area contributed by atoms with Crippen LogP contribution in [0.25, 0.3) is 0 Å². The van der Waals surface area contributed by atoms with E-state index in [1.165, 1.54) is 14.0 Å². The second kappa shape index (κ2) is 9.18. The average Bonchev–Trinajstić information content (AvgIpc) is 2.46. The zero-order chi connectivity index (χ0) is 17.4. The summed E-state index contributed by atoms with van der Waals surface area (Å²) in [5.41, 5.74) is 1.19. The van der Waals surface area contributed by atoms with E-state index in [1.54, 1.807) is 18.2 Å². The minimum Gasteiger partial charge on any atom is -0.465 e. The summed E-state index contributed by atoms with van der Waals surface area (Å²) in [6.07, 6.45) is -1.62. The van der Waals surface area contributed by atoms with Crippen molar-refractivity contribution in [1.82, 2.24) is 5.32 Å². The molecule has 0 spiro atoms. The predicted octanol–water partition coefficient (Wildman–Crippen LogP) is 2.21. The topological polar surface area (TPSA) is 114 Å². The van der Waals surface area contributed by atoms with Gasteiger partial charge in [-0.25, -0.2) is 9.59 Å². The molecule has 8 nitrogen and oxygen atoms in total. The first-order chi connectivity index (χ1) is 10.8. The zero-order valence-electron chi connectivity index (χ0n) is 12.6. The Hall–Kier alpha value is -2.04. The van der Waals surface area contributed by atoms with Crippen LogP contribution in [0.1, 0.15) is 12.5 Å². The fourth-order valence-corrected chi connectivity index (χ4v) is 2.38. The maximum atomic E-state index is 11.4. The third kappa shape index (κ3) is 7.17. The number of hydrogen-bond acceptors (Lipinski definition) is 5. The molecule has 0 aliphatic heterocycles. The first-order valence-electron chi connectivity index (χ1n) is 6.58. The Morgan fingerprint density at radius 2 is 2.04 bits per heavy atom. The number of methoxy groups -OCH3 is 1. The minimum absolute atomic E-state index is 0.106. The van der Waals surface area contributed by atoms with E-state index in [2.05, 4.69) is 38.0 Å². The molecule has 0 unspecified atom stereocenters. The van der Waals surface area contributed by atoms with E-state index in [0.717, 1.165) is 3.57 Å². The molecule has 1 atom stereocenters. The van der Waals surface area contributed by atoms with Crippen LogP contribution in [-0.2, 0) is 20.7 Å². The molecule has 1 rings (SSSR count). The highest BCUT2D eigenvalue weighted by Gasteiger charge is 2.17. The highest BCUT2D eigenvalue weighted by molar-refractivity contribution is 14.1. The van der Waals surface area contributed by atoms with E-state index in [4.69, 9.17) is 9.84 Å². The number of esters is 1. The van der Waals surface area contributed by atoms with Crippen molar-refractivity contribution >= 4 is 46.4 Å². The highest BCUT2D eigenvalue weighted by Crippen LogP contribution is 2.21. The lowest BCUT2D eigenvalue weighted by atomic mass is 10.0. The summed E-state index contributed by atoms with van der Waals surface area (Å²) in [4.78, 5) is 33.2. The van der Waals surface area contributed by atoms with Gasteiger partial charge in [-0.1, -0.05) is 0 Å². The molecule has 0 aromatic heterocycles. The van der Waals surface area contributed by atoms with Crippen molar-refractivity contribution in [2.45, 2.75) is 19.4 Å². The maximum absolute atomic E-state index is 11.4. The number of rotatable bonds is 6. The third-order valence-electron chi connectivity index (χ3n) is 2.77. The molecular formula is C14H17IN2O6. The van der Waals surface area contributed by atoms with Crippen LogP contribution in [0.4, 0.5) is 15.3 Å². The normalized spacial score (nSPS) is 11.3. The molecule has 0 bridgehead atoms. The van der Waals surface area contributed by atoms with E-state index in [0.29, 0.717) is 11.3 Å². The van der Waals surface area contributed by atoms with Gasteiger partial charge in [-0.05, 0) is 52.8 Å². The Morgan fingerprint density at radius 1 is 1.35 bits per heavy atom. The Labute approximate surface area is 146 Å². The second-order valence-corrected chi connectivity index (χ2v) is 5.82. The molecule has 1 aromatic rings. The molecule has 1 aromatic carbocycles. The van der Waals surface area contributed by atoms with E-state index >= 15 is 0 Å². The SMILES string of the molecule is COC(=O)Nc1ccc(I)cc1C[C@@H](COC(C)=O)NC(=O)O.